The zero-order valence-electron chi connectivity index (χ0n) is 8.69. The summed E-state index contributed by atoms with van der Waals surface area (Å²) in [6.45, 7) is 7.61. The molecule has 74 valence electrons. The molecule has 1 aromatic heterocycles. The van der Waals surface area contributed by atoms with Gasteiger partial charge in [0.15, 0.2) is 5.82 Å². The van der Waals surface area contributed by atoms with Crippen LogP contribution >= 0.6 is 0 Å². The number of aryl methyl sites for hydroxylation is 1. The Labute approximate surface area is 79.6 Å². The van der Waals surface area contributed by atoms with Gasteiger partial charge in [0.25, 0.3) is 0 Å². The highest BCUT2D eigenvalue weighted by Crippen LogP contribution is 1.94. The molecule has 0 bridgehead atoms. The summed E-state index contributed by atoms with van der Waals surface area (Å²) in [7, 11) is 1.90. The van der Waals surface area contributed by atoms with E-state index in [-0.39, 0.29) is 0 Å². The Balaban J connectivity index is 2.33. The third-order valence-corrected chi connectivity index (χ3v) is 2.19. The smallest absolute Gasteiger partial charge is 0.151 e. The van der Waals surface area contributed by atoms with Crippen LogP contribution in [0.25, 0.3) is 0 Å². The Morgan fingerprint density at radius 2 is 2.08 bits per heavy atom. The van der Waals surface area contributed by atoms with E-state index in [1.807, 2.05) is 7.05 Å². The second kappa shape index (κ2) is 4.97. The molecule has 4 heteroatoms. The molecule has 1 rings (SSSR count). The van der Waals surface area contributed by atoms with Gasteiger partial charge in [-0.25, -0.2) is 4.98 Å². The van der Waals surface area contributed by atoms with Crippen LogP contribution in [0.3, 0.4) is 0 Å². The highest BCUT2D eigenvalue weighted by atomic mass is 15.3. The maximum Gasteiger partial charge on any atom is 0.151 e. The lowest BCUT2D eigenvalue weighted by Crippen LogP contribution is -2.25. The van der Waals surface area contributed by atoms with Crippen molar-refractivity contribution >= 4 is 0 Å². The molecule has 0 saturated heterocycles. The van der Waals surface area contributed by atoms with E-state index < -0.39 is 0 Å². The second-order valence-corrected chi connectivity index (χ2v) is 3.11. The third kappa shape index (κ3) is 3.14. The van der Waals surface area contributed by atoms with Crippen molar-refractivity contribution in [2.75, 3.05) is 19.6 Å². The molecule has 4 nitrogen and oxygen atoms in total. The summed E-state index contributed by atoms with van der Waals surface area (Å²) in [6.07, 6.45) is 2.69. The van der Waals surface area contributed by atoms with E-state index in [9.17, 15) is 0 Å². The van der Waals surface area contributed by atoms with Crippen LogP contribution in [0.5, 0.6) is 0 Å². The molecular formula is C9H18N4. The maximum atomic E-state index is 4.23. The summed E-state index contributed by atoms with van der Waals surface area (Å²) < 4.78 is 1.75. The van der Waals surface area contributed by atoms with Crippen molar-refractivity contribution in [3.05, 3.63) is 12.2 Å². The summed E-state index contributed by atoms with van der Waals surface area (Å²) in [4.78, 5) is 6.55. The number of nitrogens with zero attached hydrogens (tertiary/aromatic N) is 4. The molecule has 1 aromatic rings. The zero-order valence-corrected chi connectivity index (χ0v) is 8.69. The first-order valence-corrected chi connectivity index (χ1v) is 4.83. The van der Waals surface area contributed by atoms with Crippen molar-refractivity contribution in [3.8, 4) is 0 Å². The molecule has 0 atom stereocenters. The van der Waals surface area contributed by atoms with Gasteiger partial charge in [0.2, 0.25) is 0 Å². The Morgan fingerprint density at radius 1 is 1.38 bits per heavy atom. The fraction of sp³-hybridized carbons (Fsp3) is 0.778. The summed E-state index contributed by atoms with van der Waals surface area (Å²) in [6, 6.07) is 0. The van der Waals surface area contributed by atoms with Crippen LogP contribution in [0.15, 0.2) is 6.33 Å². The van der Waals surface area contributed by atoms with Gasteiger partial charge in [0, 0.05) is 20.0 Å². The standard InChI is InChI=1S/C9H18N4/c1-4-13(5-2)7-6-9-10-8-12(3)11-9/h8H,4-7H2,1-3H3. The van der Waals surface area contributed by atoms with E-state index >= 15 is 0 Å². The first kappa shape index (κ1) is 10.2. The van der Waals surface area contributed by atoms with Gasteiger partial charge in [-0.05, 0) is 13.1 Å². The highest BCUT2D eigenvalue weighted by Gasteiger charge is 2.02. The molecule has 13 heavy (non-hydrogen) atoms. The van der Waals surface area contributed by atoms with Gasteiger partial charge in [-0.15, -0.1) is 0 Å². The van der Waals surface area contributed by atoms with Gasteiger partial charge in [-0.2, -0.15) is 5.10 Å². The number of aromatic nitrogens is 3. The van der Waals surface area contributed by atoms with E-state index in [1.165, 1.54) is 0 Å². The molecule has 0 fully saturated rings. The minimum Gasteiger partial charge on any atom is -0.303 e. The van der Waals surface area contributed by atoms with Crippen LogP contribution < -0.4 is 0 Å². The van der Waals surface area contributed by atoms with Crippen LogP contribution in [0, 0.1) is 0 Å². The van der Waals surface area contributed by atoms with Gasteiger partial charge >= 0.3 is 0 Å². The number of hydrogen-bond donors (Lipinski definition) is 0. The van der Waals surface area contributed by atoms with Crippen molar-refractivity contribution in [2.45, 2.75) is 20.3 Å². The maximum absolute atomic E-state index is 4.23. The predicted octanol–water partition coefficient (Wildman–Crippen LogP) is 0.699. The minimum atomic E-state index is 0.939. The average Bonchev–Trinajstić information content (AvgIpc) is 2.53. The molecule has 0 amide bonds. The third-order valence-electron chi connectivity index (χ3n) is 2.19. The monoisotopic (exact) mass is 182 g/mol. The molecular weight excluding hydrogens is 164 g/mol. The number of hydrogen-bond acceptors (Lipinski definition) is 3. The van der Waals surface area contributed by atoms with E-state index in [0.29, 0.717) is 0 Å². The summed E-state index contributed by atoms with van der Waals surface area (Å²) >= 11 is 0. The van der Waals surface area contributed by atoms with Crippen LogP contribution in [-0.4, -0.2) is 39.3 Å². The Kier molecular flexibility index (Phi) is 3.89. The molecule has 0 N–H and O–H groups in total. The van der Waals surface area contributed by atoms with E-state index in [0.717, 1.165) is 31.9 Å². The largest absolute Gasteiger partial charge is 0.303 e. The minimum absolute atomic E-state index is 0.939. The van der Waals surface area contributed by atoms with E-state index in [4.69, 9.17) is 0 Å². The predicted molar refractivity (Wildman–Crippen MR) is 52.5 cm³/mol. The van der Waals surface area contributed by atoms with Crippen LogP contribution in [0.4, 0.5) is 0 Å². The van der Waals surface area contributed by atoms with Crippen molar-refractivity contribution in [3.63, 3.8) is 0 Å². The topological polar surface area (TPSA) is 34.0 Å². The first-order chi connectivity index (χ1) is 6.26. The lowest BCUT2D eigenvalue weighted by Gasteiger charge is -2.16. The molecule has 1 heterocycles. The molecule has 0 radical (unpaired) electrons. The number of likely N-dealkylation sites (N-methyl/N-ethyl adjacent to an activating group) is 1. The Morgan fingerprint density at radius 3 is 2.54 bits per heavy atom. The quantitative estimate of drug-likeness (QED) is 0.672. The van der Waals surface area contributed by atoms with E-state index in [1.54, 1.807) is 11.0 Å². The summed E-state index contributed by atoms with van der Waals surface area (Å²) in [5, 5.41) is 4.23. The van der Waals surface area contributed by atoms with Gasteiger partial charge < -0.3 is 4.90 Å². The van der Waals surface area contributed by atoms with Crippen molar-refractivity contribution in [1.29, 1.82) is 0 Å². The highest BCUT2D eigenvalue weighted by molar-refractivity contribution is 4.82. The first-order valence-electron chi connectivity index (χ1n) is 4.83. The zero-order chi connectivity index (χ0) is 9.68. The lowest BCUT2D eigenvalue weighted by atomic mass is 10.3. The normalized spacial score (nSPS) is 11.1. The van der Waals surface area contributed by atoms with Gasteiger partial charge in [-0.3, -0.25) is 4.68 Å². The van der Waals surface area contributed by atoms with Crippen LogP contribution in [0.1, 0.15) is 19.7 Å². The van der Waals surface area contributed by atoms with Crippen LogP contribution in [0.2, 0.25) is 0 Å². The molecule has 0 saturated carbocycles. The van der Waals surface area contributed by atoms with Gasteiger partial charge in [0.1, 0.15) is 6.33 Å². The molecule has 0 aliphatic heterocycles. The van der Waals surface area contributed by atoms with Crippen molar-refractivity contribution < 1.29 is 0 Å². The summed E-state index contributed by atoms with van der Waals surface area (Å²) in [5.74, 6) is 0.939. The lowest BCUT2D eigenvalue weighted by molar-refractivity contribution is 0.305. The Bertz CT molecular complexity index is 240. The molecule has 0 aromatic carbocycles. The fourth-order valence-electron chi connectivity index (χ4n) is 1.30. The number of rotatable bonds is 5. The molecule has 0 spiro atoms. The molecule has 0 aliphatic rings. The van der Waals surface area contributed by atoms with E-state index in [2.05, 4.69) is 28.8 Å². The van der Waals surface area contributed by atoms with Crippen molar-refractivity contribution in [1.82, 2.24) is 19.7 Å². The van der Waals surface area contributed by atoms with Crippen LogP contribution in [-0.2, 0) is 13.5 Å². The second-order valence-electron chi connectivity index (χ2n) is 3.11. The molecule has 0 unspecified atom stereocenters. The molecule has 0 aliphatic carbocycles. The SMILES string of the molecule is CCN(CC)CCc1ncn(C)n1. The average molecular weight is 182 g/mol. The Hall–Kier alpha value is -0.900. The van der Waals surface area contributed by atoms with Gasteiger partial charge in [-0.1, -0.05) is 13.8 Å². The summed E-state index contributed by atoms with van der Waals surface area (Å²) in [5.41, 5.74) is 0. The van der Waals surface area contributed by atoms with Gasteiger partial charge in [0.05, 0.1) is 0 Å². The van der Waals surface area contributed by atoms with Crippen molar-refractivity contribution in [2.24, 2.45) is 7.05 Å². The fourth-order valence-corrected chi connectivity index (χ4v) is 1.30.